The topological polar surface area (TPSA) is 45.4 Å². The normalized spacial score (nSPS) is 28.4. The Balaban J connectivity index is 0.000000803. The summed E-state index contributed by atoms with van der Waals surface area (Å²) < 4.78 is 39.5. The van der Waals surface area contributed by atoms with Gasteiger partial charge in [-0.25, -0.2) is 0 Å². The molecule has 0 N–H and O–H groups in total. The van der Waals surface area contributed by atoms with Crippen molar-refractivity contribution in [3.63, 3.8) is 0 Å². The second-order valence-corrected chi connectivity index (χ2v) is 196. The van der Waals surface area contributed by atoms with Gasteiger partial charge < -0.3 is 63.9 Å². The molecule has 0 bridgehead atoms. The van der Waals surface area contributed by atoms with E-state index in [1.165, 1.54) is 329 Å². The maximum absolute atomic E-state index is 2.88. The van der Waals surface area contributed by atoms with E-state index >= 15 is 0 Å². The molecule has 14 nitrogen and oxygen atoms in total. The Morgan fingerprint density at radius 2 is 0.349 bits per heavy atom. The lowest BCUT2D eigenvalue weighted by Crippen LogP contribution is -2.53. The fourth-order valence-corrected chi connectivity index (χ4v) is 116. The van der Waals surface area contributed by atoms with E-state index in [1.807, 2.05) is 0 Å². The van der Waals surface area contributed by atoms with Gasteiger partial charge in [-0.3, -0.25) is 0 Å². The molecule has 14 aliphatic heterocycles. The first-order valence-electron chi connectivity index (χ1n) is 66.7. The van der Waals surface area contributed by atoms with Gasteiger partial charge in [0, 0.05) is 116 Å². The van der Waals surface area contributed by atoms with Gasteiger partial charge in [0.2, 0.25) is 0 Å². The average molecular weight is 2550 g/mol. The summed E-state index contributed by atoms with van der Waals surface area (Å²) in [5.41, 5.74) is 0. The third kappa shape index (κ3) is 79.5. The summed E-state index contributed by atoms with van der Waals surface area (Å²) >= 11 is 0. The van der Waals surface area contributed by atoms with Gasteiger partial charge in [0.05, 0.1) is 129 Å². The molecule has 12 atom stereocenters. The van der Waals surface area contributed by atoms with Crippen LogP contribution in [-0.4, -0.2) is 486 Å². The second kappa shape index (κ2) is 90.6. The maximum Gasteiger partial charge on any atom is 0.0869 e. The van der Waals surface area contributed by atoms with Gasteiger partial charge in [0.25, 0.3) is 0 Å². The Morgan fingerprint density at radius 1 is 0.181 bits per heavy atom. The molecule has 0 amide bonds. The molecule has 0 aromatic heterocycles. The minimum atomic E-state index is -0.763. The standard InChI is InChI=1S/C10H25NSi2.3C9H23NSi2.4C8H21NSi2.3C7H19NSi2.2C6H17NSi2.C5H15NSi2/c1-9-7-6-8-10(2)11(9)12-13(3,4)5;1-8-6-7-9(2)10(8)11-12(3,4)5;1-8-6-5-7-9(2)10(8)11-12(3)4;1-3-12(4-2)11-10-8-6-5-7-9-10;1-7-5-6-8(2)9(7)10-11(3)4;1-11(2,3)10-9-7-5-4-6-8-9;1-7-5-4-6-8(2)9(7)11-10-3;1-3-11(4-2)10-9-7-5-6-8-9;1-10(2,3)9-8-6-4-5-7-8;1-6-4-5-7(2)8(6)10-9-3;1-10(2)9-8-6-4-3-5-7-8;1-9(2)8-7-5-3-4-6-7;1-8-9-7-5-3-2-4-6-7;1-7-8-6-4-2-3-5-6/h9-10H,6-8,12H2,1-5H3;8-9H,6-7,11H2,1-5H3;8-9,12H,5-7,11H2,1-4H3;12H,3-9,11H2,1-2H3;7-8,11H,5-6,10H2,1-4H3;4-8,10H2,1-3H3;7-8H,4-6,10-11H2,1-3H3;11H,3-8,10H2,1-2H3;4-7,9H2,1-3H3;6-7H,4-5,9-10H2,1-3H3;10H,3-7,9H2,1-2H3;9H,3-6,8H2,1-2H3;2-6,8-9H2,1H3;2-5,7-8H2,1H3. The first-order chi connectivity index (χ1) is 70.3. The third-order valence-corrected chi connectivity index (χ3v) is 124. The van der Waals surface area contributed by atoms with Crippen molar-refractivity contribution in [2.75, 3.05) is 105 Å². The molecule has 14 aliphatic rings. The number of nitrogens with zero attached hydrogens (tertiary/aromatic N) is 14. The molecule has 14 saturated heterocycles. The summed E-state index contributed by atoms with van der Waals surface area (Å²) in [4.78, 5) is 0. The minimum absolute atomic E-state index is 0.0812. The van der Waals surface area contributed by atoms with Gasteiger partial charge in [0.1, 0.15) is 0 Å². The Hall–Kier alpha value is 5.51. The first kappa shape index (κ1) is 153. The van der Waals surface area contributed by atoms with Gasteiger partial charge in [-0.2, -0.15) is 0 Å². The van der Waals surface area contributed by atoms with Crippen molar-refractivity contribution in [2.24, 2.45) is 0 Å². The quantitative estimate of drug-likeness (QED) is 0.0601. The average Bonchev–Trinajstić information content (AvgIpc) is 1.49. The van der Waals surface area contributed by atoms with Gasteiger partial charge in [-0.15, -0.1) is 0 Å². The van der Waals surface area contributed by atoms with Crippen LogP contribution in [-0.2, 0) is 0 Å². The molecule has 149 heavy (non-hydrogen) atoms. The fraction of sp³-hybridized carbons (Fsp3) is 1.00. The van der Waals surface area contributed by atoms with E-state index in [4.69, 9.17) is 0 Å². The zero-order valence-corrected chi connectivity index (χ0v) is 147. The highest BCUT2D eigenvalue weighted by molar-refractivity contribution is 7.23. The van der Waals surface area contributed by atoms with Crippen LogP contribution in [0.3, 0.4) is 0 Å². The molecule has 894 valence electrons. The fourth-order valence-electron chi connectivity index (χ4n) is 26.1. The van der Waals surface area contributed by atoms with Crippen molar-refractivity contribution in [1.29, 1.82) is 0 Å². The lowest BCUT2D eigenvalue weighted by Gasteiger charge is -2.42. The van der Waals surface area contributed by atoms with E-state index in [-0.39, 0.29) is 151 Å². The number of piperidine rings is 7. The molecular weight excluding hydrogens is 2270 g/mol. The summed E-state index contributed by atoms with van der Waals surface area (Å²) in [6.07, 6.45) is 51.5. The summed E-state index contributed by atoms with van der Waals surface area (Å²) in [6, 6.07) is 17.2. The highest BCUT2D eigenvalue weighted by Gasteiger charge is 2.35. The zero-order valence-electron chi connectivity index (χ0n) is 110. The number of rotatable bonds is 32. The predicted molar refractivity (Wildman–Crippen MR) is 781 cm³/mol. The smallest absolute Gasteiger partial charge is 0.0869 e. The van der Waals surface area contributed by atoms with E-state index < -0.39 is 30.4 Å². The largest absolute Gasteiger partial charge is 0.332 e. The van der Waals surface area contributed by atoms with Gasteiger partial charge in [0.15, 0.2) is 0 Å². The zero-order chi connectivity index (χ0) is 112. The van der Waals surface area contributed by atoms with Crippen LogP contribution in [0.2, 0.25) is 181 Å². The van der Waals surface area contributed by atoms with Crippen molar-refractivity contribution < 1.29 is 0 Å². The Labute approximate surface area is 993 Å². The monoisotopic (exact) mass is 2550 g/mol. The molecule has 0 aromatic carbocycles. The lowest BCUT2D eigenvalue weighted by atomic mass is 10.0. The van der Waals surface area contributed by atoms with Crippen LogP contribution in [0.25, 0.3) is 0 Å². The molecule has 14 heterocycles. The van der Waals surface area contributed by atoms with Gasteiger partial charge in [-0.1, -0.05) is 337 Å². The van der Waals surface area contributed by atoms with Crippen LogP contribution in [0.5, 0.6) is 0 Å². The molecule has 0 aromatic rings. The van der Waals surface area contributed by atoms with Crippen LogP contribution in [0.4, 0.5) is 0 Å². The second-order valence-electron chi connectivity index (χ2n) is 57.6. The molecule has 0 radical (unpaired) electrons. The van der Waals surface area contributed by atoms with Crippen molar-refractivity contribution in [3.8, 4) is 0 Å². The number of hydrogen-bond acceptors (Lipinski definition) is 14. The Morgan fingerprint density at radius 3 is 0.550 bits per heavy atom. The minimum Gasteiger partial charge on any atom is -0.332 e. The van der Waals surface area contributed by atoms with Crippen molar-refractivity contribution in [1.82, 2.24) is 63.9 Å². The molecule has 42 heteroatoms. The van der Waals surface area contributed by atoms with Gasteiger partial charge in [-0.05, 0) is 357 Å². The molecule has 14 rings (SSSR count). The predicted octanol–water partition coefficient (Wildman–Crippen LogP) is 11.0. The van der Waals surface area contributed by atoms with Crippen LogP contribution in [0, 0.1) is 0 Å². The maximum atomic E-state index is 2.88. The molecular formula is C107H284N14Si28. The van der Waals surface area contributed by atoms with E-state index in [2.05, 4.69) is 332 Å². The van der Waals surface area contributed by atoms with Crippen LogP contribution < -0.4 is 0 Å². The van der Waals surface area contributed by atoms with Gasteiger partial charge >= 0.3 is 0 Å². The third-order valence-electron chi connectivity index (χ3n) is 34.6. The van der Waals surface area contributed by atoms with Crippen molar-refractivity contribution in [3.05, 3.63) is 0 Å². The van der Waals surface area contributed by atoms with E-state index in [0.717, 1.165) is 72.5 Å². The summed E-state index contributed by atoms with van der Waals surface area (Å²) in [5.74, 6) is 0. The van der Waals surface area contributed by atoms with E-state index in [0.29, 0.717) is 63.7 Å². The first-order valence-corrected chi connectivity index (χ1v) is 153. The molecule has 0 aliphatic carbocycles. The summed E-state index contributed by atoms with van der Waals surface area (Å²) in [5, 5.41) is 0. The molecule has 0 saturated carbocycles. The lowest BCUT2D eigenvalue weighted by molar-refractivity contribution is 0.209. The van der Waals surface area contributed by atoms with E-state index in [9.17, 15) is 0 Å². The highest BCUT2D eigenvalue weighted by atomic mass is 29.2. The summed E-state index contributed by atoms with van der Waals surface area (Å²) in [7, 11) is 0.864. The Bertz CT molecular complexity index is 2930. The van der Waals surface area contributed by atoms with Crippen LogP contribution >= 0.6 is 0 Å². The van der Waals surface area contributed by atoms with Crippen LogP contribution in [0.15, 0.2) is 0 Å². The molecule has 12 unspecified atom stereocenters. The highest BCUT2D eigenvalue weighted by Crippen LogP contribution is 2.29. The molecule has 14 fully saturated rings. The van der Waals surface area contributed by atoms with Crippen molar-refractivity contribution in [2.45, 2.75) is 589 Å². The van der Waals surface area contributed by atoms with Crippen LogP contribution in [0.1, 0.15) is 336 Å². The Kier molecular flexibility index (Phi) is 92.8. The van der Waals surface area contributed by atoms with E-state index in [1.54, 1.807) is 24.2 Å². The SMILES string of the molecule is CC1CCC(C)N1[SiH2][SiH](C)C.CC1CCC(C)N1[SiH2][Si](C)(C)C.CC1CCCC(C)N1[SiH2][SiH](C)C.CC1CCCC(C)N1[SiH2][Si](C)(C)C.CC[SiH](CC)[SiH2]N1CCCC1.CC[SiH](CC)[SiH2]N1CCCCC1.C[SiH2][SiH2]N1C(C)CCC1C.C[SiH2][SiH2]N1C(C)CCCC1C.C[SiH2][SiH2]N1CCCC1.C[SiH2][SiH2]N1CCCCC1.C[SiH](C)[SiH2]N1CCCC1.C[SiH](C)[SiH2]N1CCCCC1.C[Si](C)(C)[SiH2]N1CCCC1.C[Si](C)(C)[SiH2]N1CCCCC1. The summed E-state index contributed by atoms with van der Waals surface area (Å²) in [6.45, 7) is 122. The molecule has 0 spiro atoms. The number of hydrogen-bond donors (Lipinski definition) is 0. The van der Waals surface area contributed by atoms with Crippen molar-refractivity contribution >= 4 is 245 Å².